The molecule has 1 heterocycles. The first-order valence-corrected chi connectivity index (χ1v) is 5.66. The van der Waals surface area contributed by atoms with E-state index >= 15 is 0 Å². The molecular weight excluding hydrogens is 216 g/mol. The number of rotatable bonds is 2. The van der Waals surface area contributed by atoms with Crippen LogP contribution in [0.2, 0.25) is 0 Å². The Bertz CT molecular complexity index is 618. The van der Waals surface area contributed by atoms with E-state index in [9.17, 15) is 4.79 Å². The van der Waals surface area contributed by atoms with Crippen LogP contribution in [-0.2, 0) is 0 Å². The highest BCUT2D eigenvalue weighted by Crippen LogP contribution is 2.39. The van der Waals surface area contributed by atoms with Gasteiger partial charge in [-0.25, -0.2) is 4.79 Å². The van der Waals surface area contributed by atoms with Crippen LogP contribution >= 0.6 is 0 Å². The lowest BCUT2D eigenvalue weighted by atomic mass is 10.1. The summed E-state index contributed by atoms with van der Waals surface area (Å²) in [4.78, 5) is 11.0. The molecule has 0 saturated heterocycles. The Kier molecular flexibility index (Phi) is 2.11. The van der Waals surface area contributed by atoms with Gasteiger partial charge in [0.1, 0.15) is 0 Å². The van der Waals surface area contributed by atoms with Crippen LogP contribution in [0.1, 0.15) is 40.4 Å². The fourth-order valence-electron chi connectivity index (χ4n) is 2.05. The maximum absolute atomic E-state index is 11.0. The van der Waals surface area contributed by atoms with E-state index in [-0.39, 0.29) is 0 Å². The molecule has 0 bridgehead atoms. The van der Waals surface area contributed by atoms with Crippen LogP contribution in [0.3, 0.4) is 0 Å². The second-order valence-corrected chi connectivity index (χ2v) is 4.58. The Morgan fingerprint density at radius 1 is 1.29 bits per heavy atom. The van der Waals surface area contributed by atoms with E-state index in [4.69, 9.17) is 5.11 Å². The molecule has 0 unspecified atom stereocenters. The fourth-order valence-corrected chi connectivity index (χ4v) is 2.05. The summed E-state index contributed by atoms with van der Waals surface area (Å²) < 4.78 is 0. The number of nitrogens with zero attached hydrogens (tertiary/aromatic N) is 2. The molecule has 1 aliphatic carbocycles. The van der Waals surface area contributed by atoms with Gasteiger partial charge in [-0.2, -0.15) is 5.10 Å². The second-order valence-electron chi connectivity index (χ2n) is 4.58. The van der Waals surface area contributed by atoms with Crippen molar-refractivity contribution in [3.05, 3.63) is 35.0 Å². The van der Waals surface area contributed by atoms with Crippen LogP contribution < -0.4 is 0 Å². The van der Waals surface area contributed by atoms with Crippen molar-refractivity contribution in [1.82, 2.24) is 10.2 Å². The second kappa shape index (κ2) is 3.52. The molecule has 3 rings (SSSR count). The zero-order valence-electron chi connectivity index (χ0n) is 9.47. The van der Waals surface area contributed by atoms with Gasteiger partial charge in [-0.05, 0) is 43.5 Å². The largest absolute Gasteiger partial charge is 0.478 e. The van der Waals surface area contributed by atoms with Gasteiger partial charge in [-0.1, -0.05) is 0 Å². The highest BCUT2D eigenvalue weighted by Gasteiger charge is 2.25. The molecule has 0 aliphatic heterocycles. The number of hydrogen-bond acceptors (Lipinski definition) is 3. The third kappa shape index (κ3) is 1.75. The Morgan fingerprint density at radius 2 is 2.06 bits per heavy atom. The summed E-state index contributed by atoms with van der Waals surface area (Å²) in [6.45, 7) is 1.86. The molecule has 1 saturated carbocycles. The smallest absolute Gasteiger partial charge is 0.335 e. The van der Waals surface area contributed by atoms with Gasteiger partial charge in [0, 0.05) is 11.3 Å². The number of fused-ring (bicyclic) bond motifs is 1. The first-order chi connectivity index (χ1) is 8.15. The lowest BCUT2D eigenvalue weighted by molar-refractivity contribution is 0.0697. The number of aromatic carboxylic acids is 1. The number of aryl methyl sites for hydroxylation is 1. The summed E-state index contributed by atoms with van der Waals surface area (Å²) in [6, 6.07) is 5.28. The molecule has 4 heteroatoms. The van der Waals surface area contributed by atoms with E-state index in [2.05, 4.69) is 10.2 Å². The Morgan fingerprint density at radius 3 is 2.71 bits per heavy atom. The minimum absolute atomic E-state index is 0.310. The number of carboxylic acids is 1. The average Bonchev–Trinajstić information content (AvgIpc) is 3.11. The minimum Gasteiger partial charge on any atom is -0.478 e. The van der Waals surface area contributed by atoms with Gasteiger partial charge in [0.15, 0.2) is 0 Å². The van der Waals surface area contributed by atoms with Gasteiger partial charge in [0.2, 0.25) is 0 Å². The third-order valence-corrected chi connectivity index (χ3v) is 3.14. The lowest BCUT2D eigenvalue weighted by Crippen LogP contribution is -1.99. The molecule has 4 nitrogen and oxygen atoms in total. The van der Waals surface area contributed by atoms with Crippen molar-refractivity contribution in [3.8, 4) is 0 Å². The van der Waals surface area contributed by atoms with Crippen LogP contribution in [0.25, 0.3) is 10.9 Å². The van der Waals surface area contributed by atoms with Crippen LogP contribution in [0.5, 0.6) is 0 Å². The number of benzene rings is 1. The van der Waals surface area contributed by atoms with Crippen LogP contribution in [0, 0.1) is 6.92 Å². The van der Waals surface area contributed by atoms with Crippen LogP contribution in [-0.4, -0.2) is 21.3 Å². The standard InChI is InChI=1S/C13H12N2O2/c1-7-4-10(13(16)17)5-9-6-11(8-2-3-8)14-15-12(7)9/h4-6,8H,2-3H2,1H3,(H,16,17). The van der Waals surface area contributed by atoms with Gasteiger partial charge in [-0.3, -0.25) is 0 Å². The summed E-state index contributed by atoms with van der Waals surface area (Å²) in [5.74, 6) is -0.375. The molecule has 0 radical (unpaired) electrons. The van der Waals surface area contributed by atoms with E-state index in [0.717, 1.165) is 35.0 Å². The highest BCUT2D eigenvalue weighted by atomic mass is 16.4. The van der Waals surface area contributed by atoms with Crippen molar-refractivity contribution < 1.29 is 9.90 Å². The summed E-state index contributed by atoms with van der Waals surface area (Å²) >= 11 is 0. The Balaban J connectivity index is 2.22. The molecule has 1 fully saturated rings. The number of carboxylic acid groups (broad SMARTS) is 1. The SMILES string of the molecule is Cc1cc(C(=O)O)cc2cc(C3CC3)nnc12. The summed E-state index contributed by atoms with van der Waals surface area (Å²) in [5.41, 5.74) is 2.94. The lowest BCUT2D eigenvalue weighted by Gasteiger charge is -2.04. The molecule has 1 aromatic carbocycles. The van der Waals surface area contributed by atoms with Crippen LogP contribution in [0.4, 0.5) is 0 Å². The van der Waals surface area contributed by atoms with Crippen molar-refractivity contribution in [2.24, 2.45) is 0 Å². The van der Waals surface area contributed by atoms with Crippen molar-refractivity contribution >= 4 is 16.9 Å². The summed E-state index contributed by atoms with van der Waals surface area (Å²) in [7, 11) is 0. The highest BCUT2D eigenvalue weighted by molar-refractivity contribution is 5.94. The number of aromatic nitrogens is 2. The monoisotopic (exact) mass is 228 g/mol. The Labute approximate surface area is 98.3 Å². The average molecular weight is 228 g/mol. The number of carbonyl (C=O) groups is 1. The Hall–Kier alpha value is -1.97. The molecule has 1 aromatic heterocycles. The van der Waals surface area contributed by atoms with Gasteiger partial charge < -0.3 is 5.11 Å². The first kappa shape index (κ1) is 10.2. The van der Waals surface area contributed by atoms with Gasteiger partial charge >= 0.3 is 5.97 Å². The van der Waals surface area contributed by atoms with Crippen molar-refractivity contribution in [2.45, 2.75) is 25.7 Å². The van der Waals surface area contributed by atoms with Crippen LogP contribution in [0.15, 0.2) is 18.2 Å². The van der Waals surface area contributed by atoms with E-state index in [1.807, 2.05) is 13.0 Å². The zero-order valence-corrected chi connectivity index (χ0v) is 9.47. The molecule has 0 amide bonds. The molecule has 17 heavy (non-hydrogen) atoms. The van der Waals surface area contributed by atoms with Gasteiger partial charge in [-0.15, -0.1) is 5.10 Å². The predicted octanol–water partition coefficient (Wildman–Crippen LogP) is 2.51. The fraction of sp³-hybridized carbons (Fsp3) is 0.308. The summed E-state index contributed by atoms with van der Waals surface area (Å²) in [5, 5.41) is 18.3. The molecule has 86 valence electrons. The summed E-state index contributed by atoms with van der Waals surface area (Å²) in [6.07, 6.45) is 2.33. The van der Waals surface area contributed by atoms with E-state index in [1.165, 1.54) is 0 Å². The predicted molar refractivity (Wildman–Crippen MR) is 63.2 cm³/mol. The van der Waals surface area contributed by atoms with Gasteiger partial charge in [0.05, 0.1) is 16.8 Å². The maximum Gasteiger partial charge on any atom is 0.335 e. The van der Waals surface area contributed by atoms with E-state index in [1.54, 1.807) is 12.1 Å². The minimum atomic E-state index is -0.903. The molecule has 1 aliphatic rings. The van der Waals surface area contributed by atoms with E-state index in [0.29, 0.717) is 11.5 Å². The molecule has 1 N–H and O–H groups in total. The molecule has 0 atom stereocenters. The number of hydrogen-bond donors (Lipinski definition) is 1. The normalized spacial score (nSPS) is 15.1. The maximum atomic E-state index is 11.0. The first-order valence-electron chi connectivity index (χ1n) is 5.66. The molecule has 0 spiro atoms. The topological polar surface area (TPSA) is 63.1 Å². The molecule has 2 aromatic rings. The van der Waals surface area contributed by atoms with Crippen molar-refractivity contribution in [2.75, 3.05) is 0 Å². The van der Waals surface area contributed by atoms with Crippen molar-refractivity contribution in [1.29, 1.82) is 0 Å². The van der Waals surface area contributed by atoms with E-state index < -0.39 is 5.97 Å². The third-order valence-electron chi connectivity index (χ3n) is 3.14. The van der Waals surface area contributed by atoms with Crippen molar-refractivity contribution in [3.63, 3.8) is 0 Å². The van der Waals surface area contributed by atoms with Gasteiger partial charge in [0.25, 0.3) is 0 Å². The zero-order chi connectivity index (χ0) is 12.0. The molecular formula is C13H12N2O2. The quantitative estimate of drug-likeness (QED) is 0.857.